The van der Waals surface area contributed by atoms with Crippen LogP contribution in [0.15, 0.2) is 42.5 Å². The summed E-state index contributed by atoms with van der Waals surface area (Å²) in [6.07, 6.45) is 0. The van der Waals surface area contributed by atoms with E-state index in [4.69, 9.17) is 22.1 Å². The zero-order valence-electron chi connectivity index (χ0n) is 11.0. The molecule has 100 valence electrons. The molecule has 0 aromatic heterocycles. The van der Waals surface area contributed by atoms with E-state index in [0.29, 0.717) is 5.69 Å². The summed E-state index contributed by atoms with van der Waals surface area (Å²) in [5, 5.41) is 4.10. The van der Waals surface area contributed by atoms with Crippen LogP contribution in [0.25, 0.3) is 0 Å². The topological polar surface area (TPSA) is 47.3 Å². The van der Waals surface area contributed by atoms with Crippen molar-refractivity contribution in [3.63, 3.8) is 0 Å². The third-order valence-electron chi connectivity index (χ3n) is 3.00. The molecule has 0 saturated carbocycles. The summed E-state index contributed by atoms with van der Waals surface area (Å²) in [5.74, 6) is 0.744. The highest BCUT2D eigenvalue weighted by molar-refractivity contribution is 6.31. The lowest BCUT2D eigenvalue weighted by Crippen LogP contribution is -2.08. The lowest BCUT2D eigenvalue weighted by atomic mass is 10.1. The minimum atomic E-state index is 0.0735. The van der Waals surface area contributed by atoms with E-state index in [2.05, 4.69) is 5.32 Å². The first-order chi connectivity index (χ1) is 9.11. The Labute approximate surface area is 118 Å². The maximum absolute atomic E-state index is 6.18. The van der Waals surface area contributed by atoms with Gasteiger partial charge in [0.15, 0.2) is 0 Å². The number of hydrogen-bond acceptors (Lipinski definition) is 3. The molecular weight excluding hydrogens is 260 g/mol. The smallest absolute Gasteiger partial charge is 0.121 e. The van der Waals surface area contributed by atoms with Gasteiger partial charge in [0.2, 0.25) is 0 Å². The van der Waals surface area contributed by atoms with E-state index in [9.17, 15) is 0 Å². The van der Waals surface area contributed by atoms with Gasteiger partial charge in [0.25, 0.3) is 0 Å². The molecule has 3 N–H and O–H groups in total. The van der Waals surface area contributed by atoms with Crippen LogP contribution in [0.4, 0.5) is 11.4 Å². The SMILES string of the molecule is COc1ccc(NC(C)c2ccccc2Cl)c(N)c1. The highest BCUT2D eigenvalue weighted by Gasteiger charge is 2.10. The molecule has 1 atom stereocenters. The molecule has 0 heterocycles. The van der Waals surface area contributed by atoms with E-state index >= 15 is 0 Å². The normalized spacial score (nSPS) is 11.9. The van der Waals surface area contributed by atoms with E-state index in [1.54, 1.807) is 13.2 Å². The first-order valence-corrected chi connectivity index (χ1v) is 6.44. The fourth-order valence-electron chi connectivity index (χ4n) is 1.94. The number of nitrogens with two attached hydrogens (primary N) is 1. The lowest BCUT2D eigenvalue weighted by molar-refractivity contribution is 0.415. The van der Waals surface area contributed by atoms with Crippen molar-refractivity contribution in [2.24, 2.45) is 0 Å². The molecule has 0 aliphatic heterocycles. The fraction of sp³-hybridized carbons (Fsp3) is 0.200. The zero-order valence-corrected chi connectivity index (χ0v) is 11.7. The second kappa shape index (κ2) is 5.85. The molecule has 2 aromatic rings. The molecule has 2 aromatic carbocycles. The van der Waals surface area contributed by atoms with Gasteiger partial charge < -0.3 is 15.8 Å². The van der Waals surface area contributed by atoms with Crippen LogP contribution in [0, 0.1) is 0 Å². The van der Waals surface area contributed by atoms with Crippen LogP contribution in [0.2, 0.25) is 5.02 Å². The Morgan fingerprint density at radius 2 is 1.95 bits per heavy atom. The number of rotatable bonds is 4. The second-order valence-corrected chi connectivity index (χ2v) is 4.75. The monoisotopic (exact) mass is 276 g/mol. The highest BCUT2D eigenvalue weighted by Crippen LogP contribution is 2.30. The van der Waals surface area contributed by atoms with E-state index in [-0.39, 0.29) is 6.04 Å². The summed E-state index contributed by atoms with van der Waals surface area (Å²) in [5.41, 5.74) is 8.55. The Bertz CT molecular complexity index is 572. The lowest BCUT2D eigenvalue weighted by Gasteiger charge is -2.18. The average molecular weight is 277 g/mol. The number of nitrogen functional groups attached to an aromatic ring is 1. The van der Waals surface area contributed by atoms with Gasteiger partial charge in [0.05, 0.1) is 24.5 Å². The van der Waals surface area contributed by atoms with Crippen LogP contribution in [0.1, 0.15) is 18.5 Å². The van der Waals surface area contributed by atoms with Crippen LogP contribution >= 0.6 is 11.6 Å². The largest absolute Gasteiger partial charge is 0.497 e. The first kappa shape index (κ1) is 13.6. The first-order valence-electron chi connectivity index (χ1n) is 6.06. The number of anilines is 2. The van der Waals surface area contributed by atoms with E-state index in [1.807, 2.05) is 43.3 Å². The predicted molar refractivity (Wildman–Crippen MR) is 80.9 cm³/mol. The molecule has 19 heavy (non-hydrogen) atoms. The van der Waals surface area contributed by atoms with Gasteiger partial charge >= 0.3 is 0 Å². The second-order valence-electron chi connectivity index (χ2n) is 4.34. The Balaban J connectivity index is 2.19. The minimum Gasteiger partial charge on any atom is -0.497 e. The Kier molecular flexibility index (Phi) is 4.17. The summed E-state index contributed by atoms with van der Waals surface area (Å²) in [6.45, 7) is 2.05. The summed E-state index contributed by atoms with van der Waals surface area (Å²) in [7, 11) is 1.62. The fourth-order valence-corrected chi connectivity index (χ4v) is 2.24. The number of benzene rings is 2. The predicted octanol–water partition coefficient (Wildman–Crippen LogP) is 4.10. The molecular formula is C15H17ClN2O. The van der Waals surface area contributed by atoms with Crippen molar-refractivity contribution in [1.29, 1.82) is 0 Å². The van der Waals surface area contributed by atoms with Gasteiger partial charge in [0.1, 0.15) is 5.75 Å². The van der Waals surface area contributed by atoms with Crippen molar-refractivity contribution in [1.82, 2.24) is 0 Å². The molecule has 0 bridgehead atoms. The molecule has 0 aliphatic carbocycles. The van der Waals surface area contributed by atoms with Crippen LogP contribution in [-0.2, 0) is 0 Å². The van der Waals surface area contributed by atoms with Crippen molar-refractivity contribution in [3.8, 4) is 5.75 Å². The van der Waals surface area contributed by atoms with Gasteiger partial charge in [-0.25, -0.2) is 0 Å². The van der Waals surface area contributed by atoms with Gasteiger partial charge in [-0.2, -0.15) is 0 Å². The molecule has 0 saturated heterocycles. The third kappa shape index (κ3) is 3.12. The standard InChI is InChI=1S/C15H17ClN2O/c1-10(12-5-3-4-6-13(12)16)18-15-8-7-11(19-2)9-14(15)17/h3-10,18H,17H2,1-2H3. The zero-order chi connectivity index (χ0) is 13.8. The van der Waals surface area contributed by atoms with Crippen LogP contribution < -0.4 is 15.8 Å². The molecule has 4 heteroatoms. The van der Waals surface area contributed by atoms with E-state index in [1.165, 1.54) is 0 Å². The quantitative estimate of drug-likeness (QED) is 0.827. The maximum atomic E-state index is 6.18. The van der Waals surface area contributed by atoms with E-state index < -0.39 is 0 Å². The average Bonchev–Trinajstić information content (AvgIpc) is 2.41. The molecule has 0 spiro atoms. The Morgan fingerprint density at radius 1 is 1.21 bits per heavy atom. The maximum Gasteiger partial charge on any atom is 0.121 e. The Hall–Kier alpha value is -1.87. The van der Waals surface area contributed by atoms with Gasteiger partial charge in [-0.1, -0.05) is 29.8 Å². The summed E-state index contributed by atoms with van der Waals surface area (Å²) in [6, 6.07) is 13.4. The van der Waals surface area contributed by atoms with Gasteiger partial charge in [-0.15, -0.1) is 0 Å². The van der Waals surface area contributed by atoms with E-state index in [0.717, 1.165) is 22.0 Å². The Morgan fingerprint density at radius 3 is 2.58 bits per heavy atom. The highest BCUT2D eigenvalue weighted by atomic mass is 35.5. The van der Waals surface area contributed by atoms with Crippen molar-refractivity contribution in [3.05, 3.63) is 53.1 Å². The number of methoxy groups -OCH3 is 1. The van der Waals surface area contributed by atoms with Crippen molar-refractivity contribution < 1.29 is 4.74 Å². The molecule has 0 amide bonds. The van der Waals surface area contributed by atoms with Gasteiger partial charge in [-0.3, -0.25) is 0 Å². The minimum absolute atomic E-state index is 0.0735. The molecule has 0 radical (unpaired) electrons. The van der Waals surface area contributed by atoms with Gasteiger partial charge in [0, 0.05) is 11.1 Å². The number of hydrogen-bond donors (Lipinski definition) is 2. The number of halogens is 1. The molecule has 2 rings (SSSR count). The molecule has 0 aliphatic rings. The molecule has 0 fully saturated rings. The van der Waals surface area contributed by atoms with Crippen LogP contribution in [0.5, 0.6) is 5.75 Å². The summed E-state index contributed by atoms with van der Waals surface area (Å²) in [4.78, 5) is 0. The third-order valence-corrected chi connectivity index (χ3v) is 3.35. The molecule has 1 unspecified atom stereocenters. The molecule has 3 nitrogen and oxygen atoms in total. The van der Waals surface area contributed by atoms with Gasteiger partial charge in [-0.05, 0) is 30.7 Å². The van der Waals surface area contributed by atoms with Crippen molar-refractivity contribution >= 4 is 23.0 Å². The summed E-state index contributed by atoms with van der Waals surface area (Å²) >= 11 is 6.18. The number of ether oxygens (including phenoxy) is 1. The van der Waals surface area contributed by atoms with Crippen LogP contribution in [0.3, 0.4) is 0 Å². The van der Waals surface area contributed by atoms with Crippen molar-refractivity contribution in [2.75, 3.05) is 18.2 Å². The summed E-state index contributed by atoms with van der Waals surface area (Å²) < 4.78 is 5.13. The van der Waals surface area contributed by atoms with Crippen molar-refractivity contribution in [2.45, 2.75) is 13.0 Å². The number of nitrogens with one attached hydrogen (secondary N) is 1. The van der Waals surface area contributed by atoms with Crippen LogP contribution in [-0.4, -0.2) is 7.11 Å².